The first-order chi connectivity index (χ1) is 7.29. The topological polar surface area (TPSA) is 0 Å². The van der Waals surface area contributed by atoms with Gasteiger partial charge in [-0.15, -0.1) is 0 Å². The molecule has 0 saturated carbocycles. The fourth-order valence-electron chi connectivity index (χ4n) is 2.38. The molecule has 0 heteroatoms. The average molecular weight is 200 g/mol. The van der Waals surface area contributed by atoms with Crippen molar-refractivity contribution in [3.8, 4) is 0 Å². The molecule has 2 rings (SSSR count). The van der Waals surface area contributed by atoms with Gasteiger partial charge in [-0.25, -0.2) is 0 Å². The van der Waals surface area contributed by atoms with Crippen LogP contribution in [0.1, 0.15) is 56.6 Å². The zero-order chi connectivity index (χ0) is 10.7. The third-order valence-corrected chi connectivity index (χ3v) is 3.22. The van der Waals surface area contributed by atoms with Crippen LogP contribution in [0.25, 0.3) is 5.57 Å². The monoisotopic (exact) mass is 200 g/mol. The van der Waals surface area contributed by atoms with Crippen molar-refractivity contribution >= 4 is 5.57 Å². The van der Waals surface area contributed by atoms with Crippen molar-refractivity contribution in [2.45, 2.75) is 45.4 Å². The Morgan fingerprint density at radius 1 is 1.07 bits per heavy atom. The predicted octanol–water partition coefficient (Wildman–Crippen LogP) is 4.77. The summed E-state index contributed by atoms with van der Waals surface area (Å²) in [5.74, 6) is 0.629. The number of hydrogen-bond acceptors (Lipinski definition) is 0. The molecule has 0 saturated heterocycles. The molecular weight excluding hydrogens is 180 g/mol. The van der Waals surface area contributed by atoms with E-state index in [9.17, 15) is 0 Å². The van der Waals surface area contributed by atoms with Crippen molar-refractivity contribution in [2.24, 2.45) is 0 Å². The third-order valence-electron chi connectivity index (χ3n) is 3.22. The number of rotatable bonds is 2. The molecule has 1 aliphatic rings. The molecule has 80 valence electrons. The van der Waals surface area contributed by atoms with E-state index in [2.05, 4.69) is 44.2 Å². The minimum absolute atomic E-state index is 0.629. The van der Waals surface area contributed by atoms with E-state index in [0.29, 0.717) is 5.92 Å². The number of benzene rings is 1. The first-order valence-corrected chi connectivity index (χ1v) is 6.07. The maximum absolute atomic E-state index is 2.44. The molecule has 0 spiro atoms. The van der Waals surface area contributed by atoms with Crippen LogP contribution in [0.5, 0.6) is 0 Å². The van der Waals surface area contributed by atoms with Gasteiger partial charge in [0.1, 0.15) is 0 Å². The number of allylic oxidation sites excluding steroid dienone is 2. The highest BCUT2D eigenvalue weighted by Crippen LogP contribution is 2.31. The summed E-state index contributed by atoms with van der Waals surface area (Å²) in [6.07, 6.45) is 7.70. The van der Waals surface area contributed by atoms with Crippen molar-refractivity contribution in [1.82, 2.24) is 0 Å². The van der Waals surface area contributed by atoms with Gasteiger partial charge in [-0.1, -0.05) is 44.2 Å². The Bertz CT molecular complexity index is 358. The standard InChI is InChI=1S/C15H20/c1-12(2)14-10-6-7-11-15(14)13-8-4-3-5-9-13/h6-8,10-12H,3-5,9H2,1-2H3. The molecule has 0 radical (unpaired) electrons. The van der Waals surface area contributed by atoms with Gasteiger partial charge < -0.3 is 0 Å². The highest BCUT2D eigenvalue weighted by molar-refractivity contribution is 5.69. The van der Waals surface area contributed by atoms with Gasteiger partial charge >= 0.3 is 0 Å². The van der Waals surface area contributed by atoms with Crippen LogP contribution in [0.2, 0.25) is 0 Å². The van der Waals surface area contributed by atoms with Crippen LogP contribution in [0.15, 0.2) is 30.3 Å². The van der Waals surface area contributed by atoms with Gasteiger partial charge in [0.15, 0.2) is 0 Å². The zero-order valence-corrected chi connectivity index (χ0v) is 9.79. The van der Waals surface area contributed by atoms with Crippen molar-refractivity contribution < 1.29 is 0 Å². The highest BCUT2D eigenvalue weighted by atomic mass is 14.2. The van der Waals surface area contributed by atoms with Gasteiger partial charge in [0.05, 0.1) is 0 Å². The quantitative estimate of drug-likeness (QED) is 0.645. The van der Waals surface area contributed by atoms with Gasteiger partial charge in [-0.2, -0.15) is 0 Å². The first-order valence-electron chi connectivity index (χ1n) is 6.07. The van der Waals surface area contributed by atoms with Gasteiger partial charge in [0, 0.05) is 0 Å². The maximum atomic E-state index is 2.44. The van der Waals surface area contributed by atoms with E-state index in [4.69, 9.17) is 0 Å². The fraction of sp³-hybridized carbons (Fsp3) is 0.467. The molecule has 1 aromatic rings. The molecule has 0 heterocycles. The van der Waals surface area contributed by atoms with Crippen molar-refractivity contribution in [2.75, 3.05) is 0 Å². The lowest BCUT2D eigenvalue weighted by atomic mass is 9.87. The largest absolute Gasteiger partial charge is 0.0807 e. The first kappa shape index (κ1) is 10.5. The van der Waals surface area contributed by atoms with E-state index < -0.39 is 0 Å². The van der Waals surface area contributed by atoms with E-state index in [-0.39, 0.29) is 0 Å². The lowest BCUT2D eigenvalue weighted by molar-refractivity contribution is 0.739. The molecular formula is C15H20. The summed E-state index contributed by atoms with van der Waals surface area (Å²) in [6.45, 7) is 4.56. The second-order valence-corrected chi connectivity index (χ2v) is 4.72. The number of hydrogen-bond donors (Lipinski definition) is 0. The van der Waals surface area contributed by atoms with Gasteiger partial charge in [0.25, 0.3) is 0 Å². The van der Waals surface area contributed by atoms with Crippen LogP contribution < -0.4 is 0 Å². The van der Waals surface area contributed by atoms with Gasteiger partial charge in [-0.05, 0) is 48.3 Å². The van der Waals surface area contributed by atoms with Crippen LogP contribution in [-0.2, 0) is 0 Å². The lowest BCUT2D eigenvalue weighted by Gasteiger charge is -2.18. The maximum Gasteiger partial charge on any atom is -0.0193 e. The Balaban J connectivity index is 2.38. The second-order valence-electron chi connectivity index (χ2n) is 4.72. The Hall–Kier alpha value is -1.04. The van der Waals surface area contributed by atoms with Crippen LogP contribution in [-0.4, -0.2) is 0 Å². The summed E-state index contributed by atoms with van der Waals surface area (Å²) in [4.78, 5) is 0. The van der Waals surface area contributed by atoms with Crippen molar-refractivity contribution in [1.29, 1.82) is 0 Å². The SMILES string of the molecule is CC(C)c1ccccc1C1=CCCCC1. The molecule has 0 amide bonds. The Morgan fingerprint density at radius 2 is 1.87 bits per heavy atom. The molecule has 0 bridgehead atoms. The van der Waals surface area contributed by atoms with Crippen LogP contribution >= 0.6 is 0 Å². The summed E-state index contributed by atoms with van der Waals surface area (Å²) >= 11 is 0. The molecule has 1 aromatic carbocycles. The molecule has 0 fully saturated rings. The molecule has 0 unspecified atom stereocenters. The van der Waals surface area contributed by atoms with E-state index in [1.807, 2.05) is 0 Å². The Labute approximate surface area is 93.0 Å². The molecule has 15 heavy (non-hydrogen) atoms. The summed E-state index contributed by atoms with van der Waals surface area (Å²) in [7, 11) is 0. The molecule has 0 aromatic heterocycles. The van der Waals surface area contributed by atoms with Gasteiger partial charge in [0.2, 0.25) is 0 Å². The van der Waals surface area contributed by atoms with Crippen molar-refractivity contribution in [3.63, 3.8) is 0 Å². The Kier molecular flexibility index (Phi) is 3.25. The molecule has 0 atom stereocenters. The second kappa shape index (κ2) is 4.65. The normalized spacial score (nSPS) is 16.6. The van der Waals surface area contributed by atoms with Gasteiger partial charge in [-0.3, -0.25) is 0 Å². The smallest absolute Gasteiger partial charge is 0.0193 e. The minimum atomic E-state index is 0.629. The fourth-order valence-corrected chi connectivity index (χ4v) is 2.38. The summed E-state index contributed by atoms with van der Waals surface area (Å²) < 4.78 is 0. The van der Waals surface area contributed by atoms with Crippen LogP contribution in [0.4, 0.5) is 0 Å². The predicted molar refractivity (Wildman–Crippen MR) is 67.0 cm³/mol. The van der Waals surface area contributed by atoms with Crippen LogP contribution in [0.3, 0.4) is 0 Å². The third kappa shape index (κ3) is 2.31. The van der Waals surface area contributed by atoms with E-state index in [1.54, 1.807) is 5.57 Å². The van der Waals surface area contributed by atoms with Crippen molar-refractivity contribution in [3.05, 3.63) is 41.5 Å². The van der Waals surface area contributed by atoms with E-state index in [1.165, 1.54) is 36.8 Å². The van der Waals surface area contributed by atoms with E-state index >= 15 is 0 Å². The molecule has 1 aliphatic carbocycles. The Morgan fingerprint density at radius 3 is 2.53 bits per heavy atom. The summed E-state index contributed by atoms with van der Waals surface area (Å²) in [5, 5.41) is 0. The van der Waals surface area contributed by atoms with Crippen LogP contribution in [0, 0.1) is 0 Å². The summed E-state index contributed by atoms with van der Waals surface area (Å²) in [5.41, 5.74) is 4.57. The average Bonchev–Trinajstić information content (AvgIpc) is 2.30. The molecule has 0 aliphatic heterocycles. The molecule has 0 nitrogen and oxygen atoms in total. The van der Waals surface area contributed by atoms with E-state index in [0.717, 1.165) is 0 Å². The summed E-state index contributed by atoms with van der Waals surface area (Å²) in [6, 6.07) is 8.88. The zero-order valence-electron chi connectivity index (χ0n) is 9.79. The minimum Gasteiger partial charge on any atom is -0.0807 e. The molecule has 0 N–H and O–H groups in total. The lowest BCUT2D eigenvalue weighted by Crippen LogP contribution is -1.98. The highest BCUT2D eigenvalue weighted by Gasteiger charge is 2.11.